The summed E-state index contributed by atoms with van der Waals surface area (Å²) in [7, 11) is 1.29. The van der Waals surface area contributed by atoms with Crippen molar-refractivity contribution in [2.75, 3.05) is 7.11 Å². The summed E-state index contributed by atoms with van der Waals surface area (Å²) in [6.45, 7) is 9.46. The number of nitrogens with one attached hydrogen (secondary N) is 1. The average molecular weight is 426 g/mol. The normalized spacial score (nSPS) is 24.3. The van der Waals surface area contributed by atoms with Gasteiger partial charge in [-0.25, -0.2) is 4.79 Å². The highest BCUT2D eigenvalue weighted by atomic mass is 16.5. The number of hydrogen-bond acceptors (Lipinski definition) is 6. The standard InChI is InChI=1S/C25H31NO5/c1-7-15(4)31-25(29)20-16(5)26-18-12-14(3)19(24(28)30-6)23(27)22(18)21(20)17-11-9-8-10-13(17)2/h8-11,14-15,19,21,26H,7,12H2,1-6H3/t14-,15-,19-,21+/m1/s1. The average Bonchev–Trinajstić information content (AvgIpc) is 2.72. The van der Waals surface area contributed by atoms with Crippen LogP contribution in [0.2, 0.25) is 0 Å². The minimum absolute atomic E-state index is 0.204. The minimum Gasteiger partial charge on any atom is -0.468 e. The van der Waals surface area contributed by atoms with Crippen molar-refractivity contribution in [2.24, 2.45) is 11.8 Å². The second kappa shape index (κ2) is 9.08. The summed E-state index contributed by atoms with van der Waals surface area (Å²) in [4.78, 5) is 39.3. The van der Waals surface area contributed by atoms with E-state index in [1.807, 2.05) is 58.9 Å². The number of rotatable bonds is 5. The summed E-state index contributed by atoms with van der Waals surface area (Å²) < 4.78 is 10.6. The van der Waals surface area contributed by atoms with Crippen molar-refractivity contribution in [3.63, 3.8) is 0 Å². The number of aryl methyl sites for hydroxylation is 1. The highest BCUT2D eigenvalue weighted by Crippen LogP contribution is 2.46. The number of esters is 2. The lowest BCUT2D eigenvalue weighted by atomic mass is 9.68. The van der Waals surface area contributed by atoms with E-state index in [1.165, 1.54) is 7.11 Å². The predicted octanol–water partition coefficient (Wildman–Crippen LogP) is 3.95. The second-order valence-electron chi connectivity index (χ2n) is 8.52. The molecule has 1 aliphatic heterocycles. The van der Waals surface area contributed by atoms with Crippen LogP contribution >= 0.6 is 0 Å². The molecule has 6 nitrogen and oxygen atoms in total. The van der Waals surface area contributed by atoms with Gasteiger partial charge in [-0.3, -0.25) is 9.59 Å². The number of allylic oxidation sites excluding steroid dienone is 3. The number of dihydropyridines is 1. The maximum Gasteiger partial charge on any atom is 0.337 e. The molecule has 0 radical (unpaired) electrons. The molecule has 166 valence electrons. The SMILES string of the molecule is CC[C@@H](C)OC(=O)C1=C(C)NC2=C(C(=O)[C@H](C(=O)OC)[C@H](C)C2)[C@H]1c1ccccc1C. The van der Waals surface area contributed by atoms with E-state index in [4.69, 9.17) is 9.47 Å². The molecule has 0 saturated heterocycles. The highest BCUT2D eigenvalue weighted by molar-refractivity contribution is 6.12. The van der Waals surface area contributed by atoms with Gasteiger partial charge in [-0.15, -0.1) is 0 Å². The molecule has 0 amide bonds. The van der Waals surface area contributed by atoms with Crippen molar-refractivity contribution in [2.45, 2.75) is 59.5 Å². The lowest BCUT2D eigenvalue weighted by molar-refractivity contribution is -0.151. The highest BCUT2D eigenvalue weighted by Gasteiger charge is 2.47. The molecule has 1 aromatic carbocycles. The summed E-state index contributed by atoms with van der Waals surface area (Å²) in [6.07, 6.45) is 0.967. The molecule has 1 aromatic rings. The first-order chi connectivity index (χ1) is 14.7. The fraction of sp³-hybridized carbons (Fsp3) is 0.480. The molecule has 0 aromatic heterocycles. The number of ether oxygens (including phenoxy) is 2. The van der Waals surface area contributed by atoms with E-state index in [0.29, 0.717) is 29.7 Å². The Bertz CT molecular complexity index is 974. The zero-order valence-corrected chi connectivity index (χ0v) is 19.1. The third-order valence-electron chi connectivity index (χ3n) is 6.35. The van der Waals surface area contributed by atoms with Crippen LogP contribution < -0.4 is 5.32 Å². The Balaban J connectivity index is 2.18. The van der Waals surface area contributed by atoms with Gasteiger partial charge in [0.15, 0.2) is 5.78 Å². The third-order valence-corrected chi connectivity index (χ3v) is 6.35. The van der Waals surface area contributed by atoms with Gasteiger partial charge >= 0.3 is 11.9 Å². The van der Waals surface area contributed by atoms with Gasteiger partial charge in [0.25, 0.3) is 0 Å². The smallest absolute Gasteiger partial charge is 0.337 e. The Morgan fingerprint density at radius 1 is 1.23 bits per heavy atom. The zero-order valence-electron chi connectivity index (χ0n) is 19.1. The predicted molar refractivity (Wildman–Crippen MR) is 117 cm³/mol. The summed E-state index contributed by atoms with van der Waals surface area (Å²) in [5, 5.41) is 3.28. The van der Waals surface area contributed by atoms with Crippen LogP contribution in [0.15, 0.2) is 46.8 Å². The molecule has 6 heteroatoms. The molecule has 31 heavy (non-hydrogen) atoms. The van der Waals surface area contributed by atoms with Crippen LogP contribution in [0.4, 0.5) is 0 Å². The molecule has 3 rings (SSSR count). The number of carbonyl (C=O) groups is 3. The van der Waals surface area contributed by atoms with Gasteiger partial charge in [-0.1, -0.05) is 38.1 Å². The number of hydrogen-bond donors (Lipinski definition) is 1. The number of carbonyl (C=O) groups excluding carboxylic acids is 3. The van der Waals surface area contributed by atoms with Gasteiger partial charge in [-0.2, -0.15) is 0 Å². The van der Waals surface area contributed by atoms with E-state index in [1.54, 1.807) is 0 Å². The molecule has 4 atom stereocenters. The molecular weight excluding hydrogens is 394 g/mol. The lowest BCUT2D eigenvalue weighted by Gasteiger charge is -2.38. The molecule has 0 bridgehead atoms. The van der Waals surface area contributed by atoms with Crippen LogP contribution in [-0.2, 0) is 23.9 Å². The van der Waals surface area contributed by atoms with Crippen LogP contribution in [0.1, 0.15) is 57.6 Å². The fourth-order valence-electron chi connectivity index (χ4n) is 4.50. The maximum atomic E-state index is 13.6. The van der Waals surface area contributed by atoms with Gasteiger partial charge in [0, 0.05) is 22.9 Å². The number of ketones is 1. The maximum absolute atomic E-state index is 13.6. The molecule has 0 fully saturated rings. The molecule has 1 heterocycles. The zero-order chi connectivity index (χ0) is 22.9. The second-order valence-corrected chi connectivity index (χ2v) is 8.52. The number of methoxy groups -OCH3 is 1. The van der Waals surface area contributed by atoms with E-state index in [0.717, 1.165) is 16.8 Å². The van der Waals surface area contributed by atoms with Crippen molar-refractivity contribution in [1.82, 2.24) is 5.32 Å². The molecule has 2 aliphatic rings. The van der Waals surface area contributed by atoms with Gasteiger partial charge in [0.05, 0.1) is 18.8 Å². The fourth-order valence-corrected chi connectivity index (χ4v) is 4.50. The van der Waals surface area contributed by atoms with E-state index in [9.17, 15) is 14.4 Å². The quantitative estimate of drug-likeness (QED) is 0.568. The number of benzene rings is 1. The topological polar surface area (TPSA) is 81.7 Å². The molecule has 0 spiro atoms. The Morgan fingerprint density at radius 2 is 1.90 bits per heavy atom. The Labute approximate surface area is 183 Å². The summed E-state index contributed by atoms with van der Waals surface area (Å²) in [5.74, 6) is -2.96. The first kappa shape index (κ1) is 22.8. The monoisotopic (exact) mass is 425 g/mol. The van der Waals surface area contributed by atoms with Crippen molar-refractivity contribution in [3.05, 3.63) is 57.9 Å². The molecule has 0 unspecified atom stereocenters. The largest absolute Gasteiger partial charge is 0.468 e. The van der Waals surface area contributed by atoms with Gasteiger partial charge in [0.2, 0.25) is 0 Å². The summed E-state index contributed by atoms with van der Waals surface area (Å²) in [6, 6.07) is 7.70. The van der Waals surface area contributed by atoms with Gasteiger partial charge in [0.1, 0.15) is 5.92 Å². The van der Waals surface area contributed by atoms with Crippen LogP contribution in [-0.4, -0.2) is 30.9 Å². The first-order valence-electron chi connectivity index (χ1n) is 10.8. The van der Waals surface area contributed by atoms with Crippen LogP contribution in [0.5, 0.6) is 0 Å². The molecular formula is C25H31NO5. The first-order valence-corrected chi connectivity index (χ1v) is 10.8. The van der Waals surface area contributed by atoms with Crippen molar-refractivity contribution < 1.29 is 23.9 Å². The number of Topliss-reactive ketones (excluding diaryl/α,β-unsaturated/α-hetero) is 1. The summed E-state index contributed by atoms with van der Waals surface area (Å²) >= 11 is 0. The van der Waals surface area contributed by atoms with Crippen LogP contribution in [0, 0.1) is 18.8 Å². The van der Waals surface area contributed by atoms with Crippen LogP contribution in [0.3, 0.4) is 0 Å². The van der Waals surface area contributed by atoms with E-state index >= 15 is 0 Å². The van der Waals surface area contributed by atoms with E-state index < -0.39 is 23.8 Å². The Morgan fingerprint density at radius 3 is 2.52 bits per heavy atom. The summed E-state index contributed by atoms with van der Waals surface area (Å²) in [5.41, 5.74) is 4.15. The van der Waals surface area contributed by atoms with Crippen molar-refractivity contribution in [3.8, 4) is 0 Å². The Kier molecular flexibility index (Phi) is 6.68. The van der Waals surface area contributed by atoms with Crippen molar-refractivity contribution in [1.29, 1.82) is 0 Å². The molecule has 1 aliphatic carbocycles. The molecule has 1 N–H and O–H groups in total. The van der Waals surface area contributed by atoms with Crippen molar-refractivity contribution >= 4 is 17.7 Å². The lowest BCUT2D eigenvalue weighted by Crippen LogP contribution is -2.43. The van der Waals surface area contributed by atoms with Gasteiger partial charge < -0.3 is 14.8 Å². The van der Waals surface area contributed by atoms with Crippen LogP contribution in [0.25, 0.3) is 0 Å². The van der Waals surface area contributed by atoms with E-state index in [2.05, 4.69) is 5.32 Å². The minimum atomic E-state index is -0.887. The third kappa shape index (κ3) is 4.16. The van der Waals surface area contributed by atoms with Gasteiger partial charge in [-0.05, 0) is 50.7 Å². The molecule has 0 saturated carbocycles. The Hall–Kier alpha value is -2.89. The van der Waals surface area contributed by atoms with E-state index in [-0.39, 0.29) is 17.8 Å².